The fraction of sp³-hybridized carbons (Fsp3) is 0.316. The van der Waals surface area contributed by atoms with Gasteiger partial charge in [-0.05, 0) is 29.8 Å². The molecule has 0 saturated carbocycles. The molecule has 1 aromatic heterocycles. The number of nitrogens with zero attached hydrogens (tertiary/aromatic N) is 3. The van der Waals surface area contributed by atoms with Crippen molar-refractivity contribution in [1.82, 2.24) is 14.8 Å². The van der Waals surface area contributed by atoms with Gasteiger partial charge in [-0.15, -0.1) is 0 Å². The van der Waals surface area contributed by atoms with Gasteiger partial charge in [-0.3, -0.25) is 14.6 Å². The Labute approximate surface area is 145 Å². The lowest BCUT2D eigenvalue weighted by molar-refractivity contribution is -0.131. The lowest BCUT2D eigenvalue weighted by Gasteiger charge is -2.22. The van der Waals surface area contributed by atoms with Crippen LogP contribution in [-0.2, 0) is 11.3 Å². The fourth-order valence-corrected chi connectivity index (χ4v) is 3.78. The maximum atomic E-state index is 13.3. The molecule has 3 heterocycles. The molecule has 0 N–H and O–H groups in total. The smallest absolute Gasteiger partial charge is 0.255 e. The van der Waals surface area contributed by atoms with Gasteiger partial charge < -0.3 is 9.80 Å². The Morgan fingerprint density at radius 3 is 2.80 bits per heavy atom. The average Bonchev–Trinajstić information content (AvgIpc) is 3.15. The van der Waals surface area contributed by atoms with Gasteiger partial charge >= 0.3 is 0 Å². The number of hydrogen-bond donors (Lipinski definition) is 0. The van der Waals surface area contributed by atoms with Crippen LogP contribution < -0.4 is 0 Å². The van der Waals surface area contributed by atoms with Crippen molar-refractivity contribution in [3.63, 3.8) is 0 Å². The van der Waals surface area contributed by atoms with Crippen LogP contribution in [0.4, 0.5) is 4.39 Å². The number of rotatable bonds is 3. The van der Waals surface area contributed by atoms with Crippen LogP contribution in [0.1, 0.15) is 15.9 Å². The molecule has 5 nitrogen and oxygen atoms in total. The van der Waals surface area contributed by atoms with Gasteiger partial charge in [0.1, 0.15) is 5.82 Å². The molecule has 2 amide bonds. The van der Waals surface area contributed by atoms with E-state index < -0.39 is 0 Å². The quantitative estimate of drug-likeness (QED) is 0.859. The number of pyridine rings is 1. The third kappa shape index (κ3) is 2.99. The molecule has 0 unspecified atom stereocenters. The monoisotopic (exact) mass is 339 g/mol. The van der Waals surface area contributed by atoms with Crippen molar-refractivity contribution in [3.8, 4) is 0 Å². The molecule has 2 saturated heterocycles. The number of amides is 2. The number of likely N-dealkylation sites (tertiary alicyclic amines) is 2. The Balaban J connectivity index is 1.42. The van der Waals surface area contributed by atoms with Crippen LogP contribution in [0.3, 0.4) is 0 Å². The van der Waals surface area contributed by atoms with E-state index >= 15 is 0 Å². The third-order valence-electron chi connectivity index (χ3n) is 4.98. The molecule has 2 fully saturated rings. The SMILES string of the molecule is O=C(c1cccnc1)N1C[C@H]2CN(Cc3cccc(F)c3)C(=O)[C@H]2C1. The van der Waals surface area contributed by atoms with Gasteiger partial charge in [-0.1, -0.05) is 12.1 Å². The Kier molecular flexibility index (Phi) is 3.95. The molecule has 0 spiro atoms. The minimum absolute atomic E-state index is 0.0516. The number of hydrogen-bond acceptors (Lipinski definition) is 3. The first-order valence-corrected chi connectivity index (χ1v) is 8.34. The summed E-state index contributed by atoms with van der Waals surface area (Å²) in [5.74, 6) is -0.337. The second-order valence-corrected chi connectivity index (χ2v) is 6.67. The molecule has 2 atom stereocenters. The Bertz CT molecular complexity index is 811. The first kappa shape index (κ1) is 15.7. The van der Waals surface area contributed by atoms with E-state index in [0.29, 0.717) is 31.7 Å². The first-order chi connectivity index (χ1) is 12.1. The number of carbonyl (C=O) groups is 2. The summed E-state index contributed by atoms with van der Waals surface area (Å²) in [4.78, 5) is 32.7. The van der Waals surface area contributed by atoms with Gasteiger partial charge in [0.05, 0.1) is 11.5 Å². The molecule has 25 heavy (non-hydrogen) atoms. The highest BCUT2D eigenvalue weighted by atomic mass is 19.1. The molecule has 0 aliphatic carbocycles. The predicted molar refractivity (Wildman–Crippen MR) is 88.9 cm³/mol. The van der Waals surface area contributed by atoms with Gasteiger partial charge in [0.15, 0.2) is 0 Å². The van der Waals surface area contributed by atoms with Crippen molar-refractivity contribution >= 4 is 11.8 Å². The number of carbonyl (C=O) groups excluding carboxylic acids is 2. The summed E-state index contributed by atoms with van der Waals surface area (Å²) in [6.45, 7) is 2.04. The Hall–Kier alpha value is -2.76. The van der Waals surface area contributed by atoms with Crippen LogP contribution in [0.25, 0.3) is 0 Å². The van der Waals surface area contributed by atoms with Crippen molar-refractivity contribution in [1.29, 1.82) is 0 Å². The van der Waals surface area contributed by atoms with E-state index in [4.69, 9.17) is 0 Å². The highest BCUT2D eigenvalue weighted by Crippen LogP contribution is 2.33. The topological polar surface area (TPSA) is 53.5 Å². The predicted octanol–water partition coefficient (Wildman–Crippen LogP) is 1.95. The normalized spacial score (nSPS) is 22.4. The molecule has 0 radical (unpaired) electrons. The van der Waals surface area contributed by atoms with E-state index in [1.165, 1.54) is 12.1 Å². The highest BCUT2D eigenvalue weighted by molar-refractivity contribution is 5.95. The van der Waals surface area contributed by atoms with Gasteiger partial charge in [0, 0.05) is 44.5 Å². The summed E-state index contributed by atoms with van der Waals surface area (Å²) in [6.07, 6.45) is 3.18. The van der Waals surface area contributed by atoms with Crippen molar-refractivity contribution in [3.05, 3.63) is 65.7 Å². The number of benzene rings is 1. The van der Waals surface area contributed by atoms with Crippen LogP contribution in [0.15, 0.2) is 48.8 Å². The zero-order chi connectivity index (χ0) is 17.4. The van der Waals surface area contributed by atoms with Crippen LogP contribution in [0.2, 0.25) is 0 Å². The summed E-state index contributed by atoms with van der Waals surface area (Å²) in [6, 6.07) is 9.80. The standard InChI is InChI=1S/C19H18FN3O2/c20-16-5-1-3-13(7-16)9-22-10-15-11-23(12-17(15)19(22)25)18(24)14-4-2-6-21-8-14/h1-8,15,17H,9-12H2/t15-,17+/m1/s1. The molecule has 6 heteroatoms. The maximum Gasteiger partial charge on any atom is 0.255 e. The van der Waals surface area contributed by atoms with Gasteiger partial charge in [0.2, 0.25) is 5.91 Å². The molecule has 1 aromatic carbocycles. The molecule has 4 rings (SSSR count). The maximum absolute atomic E-state index is 13.3. The average molecular weight is 339 g/mol. The van der Waals surface area contributed by atoms with E-state index in [0.717, 1.165) is 5.56 Å². The largest absolute Gasteiger partial charge is 0.338 e. The highest BCUT2D eigenvalue weighted by Gasteiger charge is 2.47. The number of fused-ring (bicyclic) bond motifs is 1. The lowest BCUT2D eigenvalue weighted by Crippen LogP contribution is -2.35. The van der Waals surface area contributed by atoms with Crippen LogP contribution in [-0.4, -0.2) is 46.2 Å². The van der Waals surface area contributed by atoms with Gasteiger partial charge in [0.25, 0.3) is 5.91 Å². The van der Waals surface area contributed by atoms with E-state index in [1.807, 2.05) is 6.07 Å². The molecule has 2 aliphatic rings. The Morgan fingerprint density at radius 1 is 1.20 bits per heavy atom. The minimum Gasteiger partial charge on any atom is -0.338 e. The lowest BCUT2D eigenvalue weighted by atomic mass is 10.0. The molecule has 0 bridgehead atoms. The van der Waals surface area contributed by atoms with E-state index in [2.05, 4.69) is 4.98 Å². The van der Waals surface area contributed by atoms with Crippen molar-refractivity contribution in [2.45, 2.75) is 6.54 Å². The molecule has 2 aliphatic heterocycles. The summed E-state index contributed by atoms with van der Waals surface area (Å²) in [7, 11) is 0. The van der Waals surface area contributed by atoms with E-state index in [-0.39, 0.29) is 29.5 Å². The van der Waals surface area contributed by atoms with Crippen molar-refractivity contribution in [2.24, 2.45) is 11.8 Å². The molecule has 128 valence electrons. The third-order valence-corrected chi connectivity index (χ3v) is 4.98. The minimum atomic E-state index is -0.294. The molecule has 2 aromatic rings. The molecular weight excluding hydrogens is 321 g/mol. The van der Waals surface area contributed by atoms with Crippen molar-refractivity contribution in [2.75, 3.05) is 19.6 Å². The second kappa shape index (κ2) is 6.27. The van der Waals surface area contributed by atoms with E-state index in [9.17, 15) is 14.0 Å². The Morgan fingerprint density at radius 2 is 2.08 bits per heavy atom. The van der Waals surface area contributed by atoms with Crippen LogP contribution in [0, 0.1) is 17.7 Å². The van der Waals surface area contributed by atoms with Crippen LogP contribution >= 0.6 is 0 Å². The fourth-order valence-electron chi connectivity index (χ4n) is 3.78. The van der Waals surface area contributed by atoms with Crippen LogP contribution in [0.5, 0.6) is 0 Å². The second-order valence-electron chi connectivity index (χ2n) is 6.67. The van der Waals surface area contributed by atoms with Crippen molar-refractivity contribution < 1.29 is 14.0 Å². The van der Waals surface area contributed by atoms with E-state index in [1.54, 1.807) is 40.4 Å². The number of aromatic nitrogens is 1. The first-order valence-electron chi connectivity index (χ1n) is 8.34. The summed E-state index contributed by atoms with van der Waals surface area (Å²) in [5.41, 5.74) is 1.34. The summed E-state index contributed by atoms with van der Waals surface area (Å²) >= 11 is 0. The van der Waals surface area contributed by atoms with Gasteiger partial charge in [-0.2, -0.15) is 0 Å². The molecular formula is C19H18FN3O2. The van der Waals surface area contributed by atoms with Gasteiger partial charge in [-0.25, -0.2) is 4.39 Å². The number of halogens is 1. The zero-order valence-electron chi connectivity index (χ0n) is 13.6. The summed E-state index contributed by atoms with van der Waals surface area (Å²) in [5, 5.41) is 0. The summed E-state index contributed by atoms with van der Waals surface area (Å²) < 4.78 is 13.3. The zero-order valence-corrected chi connectivity index (χ0v) is 13.6.